The smallest absolute Gasteiger partial charge is 0.251 e. The number of nitrogens with zero attached hydrogens (tertiary/aromatic N) is 4. The lowest BCUT2D eigenvalue weighted by atomic mass is 10.1. The van der Waals surface area contributed by atoms with Gasteiger partial charge in [-0.15, -0.1) is 0 Å². The Kier molecular flexibility index (Phi) is 5.20. The number of benzene rings is 1. The van der Waals surface area contributed by atoms with Gasteiger partial charge in [-0.1, -0.05) is 29.8 Å². The molecule has 4 rings (SSSR count). The van der Waals surface area contributed by atoms with Crippen molar-refractivity contribution in [2.24, 2.45) is 0 Å². The van der Waals surface area contributed by atoms with Gasteiger partial charge in [0, 0.05) is 42.9 Å². The summed E-state index contributed by atoms with van der Waals surface area (Å²) >= 11 is 6.11. The maximum atomic E-state index is 13.1. The molecule has 1 aromatic carbocycles. The molecule has 0 radical (unpaired) electrons. The molecule has 148 valence electrons. The first-order valence-electron chi connectivity index (χ1n) is 8.47. The van der Waals surface area contributed by atoms with E-state index in [9.17, 15) is 12.6 Å². The second kappa shape index (κ2) is 7.66. The molecule has 1 unspecified atom stereocenters. The Balaban J connectivity index is 1.83. The van der Waals surface area contributed by atoms with Crippen LogP contribution in [0.5, 0.6) is 0 Å². The summed E-state index contributed by atoms with van der Waals surface area (Å²) < 4.78 is 38.9. The average molecular weight is 447 g/mol. The van der Waals surface area contributed by atoms with Crippen LogP contribution < -0.4 is 0 Å². The second-order valence-electron chi connectivity index (χ2n) is 6.30. The number of aromatic nitrogens is 4. The summed E-state index contributed by atoms with van der Waals surface area (Å²) in [6.07, 6.45) is 7.99. The number of pyridine rings is 1. The highest BCUT2D eigenvalue weighted by Crippen LogP contribution is 2.28. The number of fused-ring (bicyclic) bond motifs is 1. The Morgan fingerprint density at radius 1 is 1.07 bits per heavy atom. The molecular weight excluding hydrogens is 432 g/mol. The van der Waals surface area contributed by atoms with Crippen molar-refractivity contribution in [3.05, 3.63) is 77.3 Å². The SMILES string of the molecule is CS(=O)c1ncc(Cc2cn(S(=O)(=O)c3ccccc3)c3ncc(Cl)cc23)cn1. The molecule has 0 aliphatic heterocycles. The molecule has 3 aromatic heterocycles. The zero-order valence-corrected chi connectivity index (χ0v) is 17.6. The summed E-state index contributed by atoms with van der Waals surface area (Å²) in [5, 5.41) is 1.27. The van der Waals surface area contributed by atoms with Crippen LogP contribution in [0.2, 0.25) is 5.02 Å². The molecule has 0 saturated heterocycles. The van der Waals surface area contributed by atoms with Gasteiger partial charge in [-0.3, -0.25) is 4.21 Å². The van der Waals surface area contributed by atoms with Crippen molar-refractivity contribution in [1.29, 1.82) is 0 Å². The fraction of sp³-hybridized carbons (Fsp3) is 0.105. The lowest BCUT2D eigenvalue weighted by Gasteiger charge is -2.06. The van der Waals surface area contributed by atoms with Gasteiger partial charge in [0.15, 0.2) is 5.65 Å². The quantitative estimate of drug-likeness (QED) is 0.437. The Hall–Kier alpha value is -2.62. The third-order valence-electron chi connectivity index (χ3n) is 4.29. The molecule has 0 aliphatic carbocycles. The van der Waals surface area contributed by atoms with Gasteiger partial charge >= 0.3 is 0 Å². The number of hydrogen-bond acceptors (Lipinski definition) is 6. The fourth-order valence-corrected chi connectivity index (χ4v) is 4.88. The van der Waals surface area contributed by atoms with Crippen molar-refractivity contribution in [2.75, 3.05) is 6.26 Å². The van der Waals surface area contributed by atoms with E-state index in [1.165, 1.54) is 28.6 Å². The van der Waals surface area contributed by atoms with Crippen molar-refractivity contribution >= 4 is 43.5 Å². The summed E-state index contributed by atoms with van der Waals surface area (Å²) in [5.41, 5.74) is 1.75. The van der Waals surface area contributed by atoms with Crippen molar-refractivity contribution in [3.63, 3.8) is 0 Å². The minimum absolute atomic E-state index is 0.165. The van der Waals surface area contributed by atoms with Crippen LogP contribution in [0.25, 0.3) is 11.0 Å². The Labute approximate surface area is 174 Å². The Morgan fingerprint density at radius 3 is 2.41 bits per heavy atom. The van der Waals surface area contributed by atoms with Gasteiger partial charge < -0.3 is 0 Å². The molecule has 0 saturated carbocycles. The van der Waals surface area contributed by atoms with Gasteiger partial charge in [0.2, 0.25) is 5.16 Å². The lowest BCUT2D eigenvalue weighted by Crippen LogP contribution is -2.12. The average Bonchev–Trinajstić information content (AvgIpc) is 3.07. The van der Waals surface area contributed by atoms with Gasteiger partial charge in [-0.2, -0.15) is 0 Å². The van der Waals surface area contributed by atoms with Crippen LogP contribution in [0, 0.1) is 0 Å². The van der Waals surface area contributed by atoms with Crippen LogP contribution >= 0.6 is 11.6 Å². The zero-order chi connectivity index (χ0) is 20.6. The van der Waals surface area contributed by atoms with Crippen LogP contribution in [0.15, 0.2) is 71.2 Å². The highest BCUT2D eigenvalue weighted by Gasteiger charge is 2.22. The predicted octanol–water partition coefficient (Wildman–Crippen LogP) is 3.04. The van der Waals surface area contributed by atoms with E-state index in [0.717, 1.165) is 5.56 Å². The minimum Gasteiger partial charge on any atom is -0.251 e. The molecule has 3 heterocycles. The minimum atomic E-state index is -3.83. The third kappa shape index (κ3) is 3.81. The largest absolute Gasteiger partial charge is 0.269 e. The topological polar surface area (TPSA) is 94.8 Å². The van der Waals surface area contributed by atoms with Crippen molar-refractivity contribution in [2.45, 2.75) is 16.5 Å². The zero-order valence-electron chi connectivity index (χ0n) is 15.2. The van der Waals surface area contributed by atoms with E-state index >= 15 is 0 Å². The van der Waals surface area contributed by atoms with E-state index in [1.807, 2.05) is 0 Å². The van der Waals surface area contributed by atoms with Crippen LogP contribution in [-0.4, -0.2) is 37.8 Å². The fourth-order valence-electron chi connectivity index (χ4n) is 2.95. The van der Waals surface area contributed by atoms with E-state index in [4.69, 9.17) is 11.6 Å². The molecule has 1 atom stereocenters. The van der Waals surface area contributed by atoms with Crippen LogP contribution in [0.4, 0.5) is 0 Å². The highest BCUT2D eigenvalue weighted by atomic mass is 35.5. The monoisotopic (exact) mass is 446 g/mol. The summed E-state index contributed by atoms with van der Waals surface area (Å²) in [6, 6.07) is 9.85. The Bertz CT molecular complexity index is 1320. The normalized spacial score (nSPS) is 12.9. The van der Waals surface area contributed by atoms with E-state index in [2.05, 4.69) is 15.0 Å². The molecule has 0 spiro atoms. The van der Waals surface area contributed by atoms with Gasteiger partial charge in [0.25, 0.3) is 10.0 Å². The molecule has 7 nitrogen and oxygen atoms in total. The maximum Gasteiger partial charge on any atom is 0.269 e. The molecule has 10 heteroatoms. The van der Waals surface area contributed by atoms with E-state index < -0.39 is 20.8 Å². The molecule has 0 fully saturated rings. The van der Waals surface area contributed by atoms with E-state index in [1.54, 1.807) is 42.9 Å². The van der Waals surface area contributed by atoms with Crippen molar-refractivity contribution < 1.29 is 12.6 Å². The molecule has 29 heavy (non-hydrogen) atoms. The Morgan fingerprint density at radius 2 is 1.76 bits per heavy atom. The van der Waals surface area contributed by atoms with Crippen LogP contribution in [0.1, 0.15) is 11.1 Å². The summed E-state index contributed by atoms with van der Waals surface area (Å²) in [7, 11) is -5.10. The van der Waals surface area contributed by atoms with Crippen molar-refractivity contribution in [3.8, 4) is 0 Å². The first-order chi connectivity index (χ1) is 13.9. The molecule has 0 aliphatic rings. The molecule has 0 amide bonds. The number of halogens is 1. The van der Waals surface area contributed by atoms with Crippen LogP contribution in [-0.2, 0) is 27.2 Å². The first kappa shape index (κ1) is 19.7. The standard InChI is InChI=1S/C19H15ClN4O3S2/c1-28(25)19-22-9-13(10-23-19)7-14-12-24(18-17(14)8-15(20)11-21-18)29(26,27)16-5-3-2-4-6-16/h2-6,8-12H,7H2,1H3. The number of hydrogen-bond donors (Lipinski definition) is 0. The van der Waals surface area contributed by atoms with Gasteiger partial charge in [-0.25, -0.2) is 27.3 Å². The summed E-state index contributed by atoms with van der Waals surface area (Å²) in [4.78, 5) is 12.6. The van der Waals surface area contributed by atoms with Gasteiger partial charge in [-0.05, 0) is 29.3 Å². The maximum absolute atomic E-state index is 13.1. The summed E-state index contributed by atoms with van der Waals surface area (Å²) in [5.74, 6) is 0. The van der Waals surface area contributed by atoms with E-state index in [-0.39, 0.29) is 10.1 Å². The number of rotatable bonds is 5. The molecule has 0 N–H and O–H groups in total. The molecular formula is C19H15ClN4O3S2. The molecule has 0 bridgehead atoms. The van der Waals surface area contributed by atoms with Gasteiger partial charge in [0.05, 0.1) is 20.7 Å². The molecule has 4 aromatic rings. The van der Waals surface area contributed by atoms with Crippen LogP contribution in [0.3, 0.4) is 0 Å². The van der Waals surface area contributed by atoms with Gasteiger partial charge in [0.1, 0.15) is 0 Å². The van der Waals surface area contributed by atoms with E-state index in [0.29, 0.717) is 28.0 Å². The highest BCUT2D eigenvalue weighted by molar-refractivity contribution is 7.90. The lowest BCUT2D eigenvalue weighted by molar-refractivity contribution is 0.588. The van der Waals surface area contributed by atoms with Crippen molar-refractivity contribution in [1.82, 2.24) is 18.9 Å². The first-order valence-corrected chi connectivity index (χ1v) is 11.8. The third-order valence-corrected chi connectivity index (χ3v) is 6.89. The second-order valence-corrected chi connectivity index (χ2v) is 9.82. The summed E-state index contributed by atoms with van der Waals surface area (Å²) in [6.45, 7) is 0. The predicted molar refractivity (Wildman–Crippen MR) is 111 cm³/mol.